The van der Waals surface area contributed by atoms with E-state index in [4.69, 9.17) is 40.8 Å². The van der Waals surface area contributed by atoms with Gasteiger partial charge < -0.3 is 20.7 Å². The molecule has 49 heavy (non-hydrogen) atoms. The fourth-order valence-electron chi connectivity index (χ4n) is 4.68. The number of esters is 1. The number of alkyl halides is 6. The molecule has 1 fully saturated rings. The summed E-state index contributed by atoms with van der Waals surface area (Å²) in [6, 6.07) is 21.7. The zero-order chi connectivity index (χ0) is 37.3. The molecule has 7 N–H and O–H groups in total. The van der Waals surface area contributed by atoms with Crippen LogP contribution in [0.2, 0.25) is 0 Å². The van der Waals surface area contributed by atoms with Crippen molar-refractivity contribution in [2.75, 3.05) is 20.2 Å². The Labute approximate surface area is 275 Å². The Hall–Kier alpha value is -5.01. The van der Waals surface area contributed by atoms with Gasteiger partial charge in [-0.15, -0.1) is 0 Å². The molecule has 3 aromatic rings. The summed E-state index contributed by atoms with van der Waals surface area (Å²) in [6.07, 6.45) is -10.2. The average molecular weight is 721 g/mol. The first-order valence-electron chi connectivity index (χ1n) is 13.6. The number of aliphatic carboxylic acids is 2. The van der Waals surface area contributed by atoms with Gasteiger partial charge in [0.15, 0.2) is 0 Å². The second kappa shape index (κ2) is 16.4. The van der Waals surface area contributed by atoms with Crippen LogP contribution in [0.25, 0.3) is 11.1 Å². The van der Waals surface area contributed by atoms with Crippen LogP contribution in [0.3, 0.4) is 0 Å². The number of ether oxygens (including phenoxy) is 1. The van der Waals surface area contributed by atoms with E-state index >= 15 is 0 Å². The molecule has 1 heterocycles. The summed E-state index contributed by atoms with van der Waals surface area (Å²) < 4.78 is 92.5. The van der Waals surface area contributed by atoms with E-state index in [1.54, 1.807) is 24.3 Å². The van der Waals surface area contributed by atoms with Gasteiger partial charge in [0.25, 0.3) is 0 Å². The normalized spacial score (nSPS) is 16.3. The number of benzene rings is 3. The lowest BCUT2D eigenvalue weighted by molar-refractivity contribution is -0.193. The van der Waals surface area contributed by atoms with Crippen LogP contribution in [-0.2, 0) is 35.7 Å². The van der Waals surface area contributed by atoms with Crippen LogP contribution < -0.4 is 10.9 Å². The zero-order valence-electron chi connectivity index (χ0n) is 25.3. The molecule has 12 nitrogen and oxygen atoms in total. The van der Waals surface area contributed by atoms with E-state index < -0.39 is 34.3 Å². The summed E-state index contributed by atoms with van der Waals surface area (Å²) in [5, 5.41) is 27.4. The second-order valence-electron chi connectivity index (χ2n) is 10.3. The van der Waals surface area contributed by atoms with Crippen LogP contribution in [-0.4, -0.2) is 79.8 Å². The molecule has 2 atom stereocenters. The van der Waals surface area contributed by atoms with Crippen LogP contribution in [0.4, 0.5) is 26.3 Å². The lowest BCUT2D eigenvalue weighted by Crippen LogP contribution is -2.24. The zero-order valence-corrected chi connectivity index (χ0v) is 26.1. The number of nitrogens with zero attached hydrogens (tertiary/aromatic N) is 1. The van der Waals surface area contributed by atoms with Crippen LogP contribution in [0.15, 0.2) is 77.7 Å². The minimum Gasteiger partial charge on any atom is -0.475 e. The Bertz CT molecular complexity index is 1740. The number of methoxy groups -OCH3 is 1. The van der Waals surface area contributed by atoms with Crippen LogP contribution >= 0.6 is 0 Å². The molecule has 4 rings (SSSR count). The second-order valence-corrected chi connectivity index (χ2v) is 11.8. The van der Waals surface area contributed by atoms with E-state index in [2.05, 4.69) is 4.90 Å². The van der Waals surface area contributed by atoms with Crippen molar-refractivity contribution in [2.45, 2.75) is 29.7 Å². The number of nitrogens with two attached hydrogens (primary N) is 2. The number of rotatable bonds is 7. The maximum Gasteiger partial charge on any atom is 0.490 e. The van der Waals surface area contributed by atoms with Crippen molar-refractivity contribution in [3.63, 3.8) is 0 Å². The van der Waals surface area contributed by atoms with Crippen molar-refractivity contribution in [3.05, 3.63) is 89.5 Å². The maximum atomic E-state index is 12.6. The highest BCUT2D eigenvalue weighted by Gasteiger charge is 2.40. The largest absolute Gasteiger partial charge is 0.490 e. The fraction of sp³-hybridized carbons (Fsp3) is 0.267. The van der Waals surface area contributed by atoms with Crippen molar-refractivity contribution in [1.82, 2.24) is 4.90 Å². The SMILES string of the molecule is COC(=O)[C@@H]1CN(Cc2ccc(-c3ccccc3S(N)(=O)=O)cc2)C[C@H]1c1cccc(C(=N)N)c1.O=C(O)C(F)(F)F.O=C(O)C(F)(F)F. The molecule has 1 aliphatic heterocycles. The monoisotopic (exact) mass is 720 g/mol. The number of likely N-dealkylation sites (tertiary alicyclic amines) is 1. The Balaban J connectivity index is 0.000000500. The number of carboxylic acid groups (broad SMARTS) is 2. The summed E-state index contributed by atoms with van der Waals surface area (Å²) in [4.78, 5) is 32.6. The number of primary sulfonamides is 1. The lowest BCUT2D eigenvalue weighted by Gasteiger charge is -2.17. The number of sulfonamides is 1. The molecule has 3 aromatic carbocycles. The number of carbonyl (C=O) groups excluding carboxylic acids is 1. The Morgan fingerprint density at radius 3 is 1.90 bits per heavy atom. The van der Waals surface area contributed by atoms with Crippen molar-refractivity contribution >= 4 is 33.8 Å². The highest BCUT2D eigenvalue weighted by molar-refractivity contribution is 7.89. The van der Waals surface area contributed by atoms with E-state index in [0.717, 1.165) is 16.7 Å². The predicted molar refractivity (Wildman–Crippen MR) is 162 cm³/mol. The van der Waals surface area contributed by atoms with Gasteiger partial charge >= 0.3 is 30.3 Å². The number of amidine groups is 1. The molecule has 0 saturated carbocycles. The molecule has 0 bridgehead atoms. The van der Waals surface area contributed by atoms with Gasteiger partial charge in [0.1, 0.15) is 5.84 Å². The van der Waals surface area contributed by atoms with Gasteiger partial charge in [0, 0.05) is 36.7 Å². The third kappa shape index (κ3) is 11.9. The topological polar surface area (TPSA) is 214 Å². The molecule has 0 aromatic heterocycles. The van der Waals surface area contributed by atoms with Crippen LogP contribution in [0.5, 0.6) is 0 Å². The molecule has 1 saturated heterocycles. The van der Waals surface area contributed by atoms with E-state index in [1.807, 2.05) is 42.5 Å². The fourth-order valence-corrected chi connectivity index (χ4v) is 5.44. The summed E-state index contributed by atoms with van der Waals surface area (Å²) in [7, 11) is -2.45. The number of nitrogens with one attached hydrogen (secondary N) is 1. The summed E-state index contributed by atoms with van der Waals surface area (Å²) in [5.41, 5.74) is 9.58. The summed E-state index contributed by atoms with van der Waals surface area (Å²) >= 11 is 0. The van der Waals surface area contributed by atoms with Gasteiger partial charge in [-0.25, -0.2) is 23.1 Å². The maximum absolute atomic E-state index is 12.6. The molecule has 1 aliphatic rings. The number of nitrogen functional groups attached to an aromatic ring is 1. The highest BCUT2D eigenvalue weighted by Crippen LogP contribution is 2.35. The molecular formula is C30H30F6N4O8S. The molecule has 266 valence electrons. The van der Waals surface area contributed by atoms with Gasteiger partial charge in [-0.2, -0.15) is 26.3 Å². The van der Waals surface area contributed by atoms with Gasteiger partial charge in [-0.05, 0) is 28.8 Å². The van der Waals surface area contributed by atoms with Gasteiger partial charge in [-0.1, -0.05) is 60.7 Å². The first kappa shape index (κ1) is 40.2. The molecule has 0 radical (unpaired) electrons. The van der Waals surface area contributed by atoms with Gasteiger partial charge in [-0.3, -0.25) is 15.1 Å². The number of hydrogen-bond donors (Lipinski definition) is 5. The van der Waals surface area contributed by atoms with Crippen molar-refractivity contribution in [2.24, 2.45) is 16.8 Å². The van der Waals surface area contributed by atoms with Crippen LogP contribution in [0.1, 0.15) is 22.6 Å². The highest BCUT2D eigenvalue weighted by atomic mass is 32.2. The van der Waals surface area contributed by atoms with Crippen molar-refractivity contribution < 1.29 is 64.1 Å². The Kier molecular flexibility index (Phi) is 13.4. The average Bonchev–Trinajstić information content (AvgIpc) is 3.44. The van der Waals surface area contributed by atoms with E-state index in [9.17, 15) is 39.6 Å². The molecule has 0 spiro atoms. The van der Waals surface area contributed by atoms with Crippen LogP contribution in [0, 0.1) is 11.3 Å². The van der Waals surface area contributed by atoms with Gasteiger partial charge in [0.2, 0.25) is 10.0 Å². The summed E-state index contributed by atoms with van der Waals surface area (Å²) in [6.45, 7) is 1.81. The molecule has 0 aliphatic carbocycles. The smallest absolute Gasteiger partial charge is 0.475 e. The number of halogens is 6. The lowest BCUT2D eigenvalue weighted by atomic mass is 9.88. The van der Waals surface area contributed by atoms with Gasteiger partial charge in [0.05, 0.1) is 17.9 Å². The Morgan fingerprint density at radius 1 is 0.898 bits per heavy atom. The minimum atomic E-state index is -5.08. The number of carboxylic acids is 2. The van der Waals surface area contributed by atoms with Crippen molar-refractivity contribution in [1.29, 1.82) is 5.41 Å². The Morgan fingerprint density at radius 2 is 1.43 bits per heavy atom. The molecule has 0 unspecified atom stereocenters. The molecular weight excluding hydrogens is 690 g/mol. The van der Waals surface area contributed by atoms with E-state index in [1.165, 1.54) is 13.2 Å². The minimum absolute atomic E-state index is 0.0135. The van der Waals surface area contributed by atoms with E-state index in [-0.39, 0.29) is 28.5 Å². The first-order chi connectivity index (χ1) is 22.6. The third-order valence-electron chi connectivity index (χ3n) is 6.87. The third-order valence-corrected chi connectivity index (χ3v) is 7.84. The number of hydrogen-bond acceptors (Lipinski definition) is 8. The predicted octanol–water partition coefficient (Wildman–Crippen LogP) is 3.94. The standard InChI is InChI=1S/C26H28N4O4S.2C2HF3O2/c1-34-26(31)23-16-30(15-22(23)19-5-4-6-20(13-19)25(27)28)14-17-9-11-18(12-10-17)21-7-2-3-8-24(21)35(29,32)33;2*3-2(4,5)1(6)7/h2-13,22-23H,14-16H2,1H3,(H3,27,28)(H2,29,32,33);2*(H,6,7)/t22-,23+;;/m0../s1. The number of carbonyl (C=O) groups is 3. The quantitative estimate of drug-likeness (QED) is 0.103. The van der Waals surface area contributed by atoms with Crippen molar-refractivity contribution in [3.8, 4) is 11.1 Å². The first-order valence-corrected chi connectivity index (χ1v) is 15.2. The summed E-state index contributed by atoms with van der Waals surface area (Å²) in [5.74, 6) is -6.20. The molecule has 0 amide bonds. The van der Waals surface area contributed by atoms with E-state index in [0.29, 0.717) is 30.8 Å². The molecule has 19 heteroatoms.